The van der Waals surface area contributed by atoms with Crippen molar-refractivity contribution in [2.75, 3.05) is 34.3 Å². The van der Waals surface area contributed by atoms with Gasteiger partial charge in [0.25, 0.3) is 0 Å². The Morgan fingerprint density at radius 1 is 1.29 bits per heavy atom. The van der Waals surface area contributed by atoms with Crippen molar-refractivity contribution in [3.05, 3.63) is 29.8 Å². The second-order valence-electron chi connectivity index (χ2n) is 6.38. The molecule has 4 nitrogen and oxygen atoms in total. The molecule has 134 valence electrons. The van der Waals surface area contributed by atoms with E-state index in [0.29, 0.717) is 5.92 Å². The predicted molar refractivity (Wildman–Crippen MR) is 85.1 cm³/mol. The molecule has 1 aromatic rings. The van der Waals surface area contributed by atoms with Crippen LogP contribution in [0.15, 0.2) is 24.3 Å². The van der Waals surface area contributed by atoms with Gasteiger partial charge in [0, 0.05) is 13.1 Å². The third-order valence-corrected chi connectivity index (χ3v) is 4.53. The lowest BCUT2D eigenvalue weighted by molar-refractivity contribution is -0.159. The van der Waals surface area contributed by atoms with E-state index in [2.05, 4.69) is 0 Å². The van der Waals surface area contributed by atoms with E-state index >= 15 is 0 Å². The molecule has 0 saturated heterocycles. The Bertz CT molecular complexity index is 571. The van der Waals surface area contributed by atoms with E-state index in [-0.39, 0.29) is 12.6 Å². The number of benzene rings is 1. The Hall–Kier alpha value is -1.76. The number of carbonyl (C=O) groups excluding carboxylic acids is 1. The zero-order valence-corrected chi connectivity index (χ0v) is 14.1. The lowest BCUT2D eigenvalue weighted by Gasteiger charge is -2.41. The van der Waals surface area contributed by atoms with Gasteiger partial charge in [-0.25, -0.2) is 0 Å². The minimum absolute atomic E-state index is 0.00206. The molecule has 0 N–H and O–H groups in total. The first-order chi connectivity index (χ1) is 11.2. The van der Waals surface area contributed by atoms with E-state index in [1.165, 1.54) is 12.6 Å². The summed E-state index contributed by atoms with van der Waals surface area (Å²) in [4.78, 5) is 14.4. The van der Waals surface area contributed by atoms with Crippen molar-refractivity contribution in [3.8, 4) is 5.75 Å². The van der Waals surface area contributed by atoms with Gasteiger partial charge >= 0.3 is 6.18 Å². The van der Waals surface area contributed by atoms with E-state index in [9.17, 15) is 18.0 Å². The van der Waals surface area contributed by atoms with Crippen molar-refractivity contribution in [2.24, 2.45) is 0 Å². The SMILES string of the molecule is COc1cccc(C2CC(N(C)CC(=O)N(C)CC(F)(F)F)C2)c1. The van der Waals surface area contributed by atoms with Crippen LogP contribution in [-0.4, -0.2) is 62.2 Å². The normalized spacial score (nSPS) is 20.6. The first kappa shape index (κ1) is 18.6. The summed E-state index contributed by atoms with van der Waals surface area (Å²) < 4.78 is 42.2. The monoisotopic (exact) mass is 344 g/mol. The van der Waals surface area contributed by atoms with Gasteiger partial charge in [-0.05, 0) is 43.5 Å². The Morgan fingerprint density at radius 2 is 1.96 bits per heavy atom. The fourth-order valence-corrected chi connectivity index (χ4v) is 2.94. The van der Waals surface area contributed by atoms with Crippen LogP contribution in [0, 0.1) is 0 Å². The summed E-state index contributed by atoms with van der Waals surface area (Å²) >= 11 is 0. The molecule has 0 unspecified atom stereocenters. The number of carbonyl (C=O) groups is 1. The standard InChI is InChI=1S/C17H23F3N2O2/c1-21(10-16(23)22(2)11-17(18,19)20)14-7-13(8-14)12-5-4-6-15(9-12)24-3/h4-6,9,13-14H,7-8,10-11H2,1-3H3. The third kappa shape index (κ3) is 4.87. The molecule has 1 saturated carbocycles. The van der Waals surface area contributed by atoms with Crippen molar-refractivity contribution in [1.82, 2.24) is 9.80 Å². The minimum Gasteiger partial charge on any atom is -0.497 e. The molecule has 1 amide bonds. The molecule has 0 spiro atoms. The van der Waals surface area contributed by atoms with Gasteiger partial charge in [-0.3, -0.25) is 9.69 Å². The highest BCUT2D eigenvalue weighted by Gasteiger charge is 2.35. The molecular weight excluding hydrogens is 321 g/mol. The lowest BCUT2D eigenvalue weighted by Crippen LogP contribution is -2.47. The van der Waals surface area contributed by atoms with E-state index < -0.39 is 18.6 Å². The lowest BCUT2D eigenvalue weighted by atomic mass is 9.75. The van der Waals surface area contributed by atoms with E-state index in [1.807, 2.05) is 29.2 Å². The number of hydrogen-bond acceptors (Lipinski definition) is 3. The zero-order valence-electron chi connectivity index (χ0n) is 14.1. The van der Waals surface area contributed by atoms with Crippen LogP contribution in [0.2, 0.25) is 0 Å². The average Bonchev–Trinajstić information content (AvgIpc) is 2.44. The molecule has 1 aliphatic rings. The molecule has 1 aromatic carbocycles. The van der Waals surface area contributed by atoms with Gasteiger partial charge in [-0.15, -0.1) is 0 Å². The van der Waals surface area contributed by atoms with Gasteiger partial charge in [-0.1, -0.05) is 12.1 Å². The number of nitrogens with zero attached hydrogens (tertiary/aromatic N) is 2. The predicted octanol–water partition coefficient (Wildman–Crippen LogP) is 2.89. The second kappa shape index (κ2) is 7.42. The maximum atomic E-state index is 12.3. The van der Waals surface area contributed by atoms with Crippen LogP contribution in [0.25, 0.3) is 0 Å². The molecule has 0 aliphatic heterocycles. The van der Waals surface area contributed by atoms with E-state index in [4.69, 9.17) is 4.74 Å². The Morgan fingerprint density at radius 3 is 2.54 bits per heavy atom. The van der Waals surface area contributed by atoms with Crippen LogP contribution in [-0.2, 0) is 4.79 Å². The second-order valence-corrected chi connectivity index (χ2v) is 6.38. The topological polar surface area (TPSA) is 32.8 Å². The summed E-state index contributed by atoms with van der Waals surface area (Å²) in [5, 5.41) is 0. The van der Waals surface area contributed by atoms with Crippen molar-refractivity contribution < 1.29 is 22.7 Å². The van der Waals surface area contributed by atoms with Crippen molar-refractivity contribution >= 4 is 5.91 Å². The summed E-state index contributed by atoms with van der Waals surface area (Å²) in [6, 6.07) is 8.10. The van der Waals surface area contributed by atoms with Gasteiger partial charge in [0.05, 0.1) is 13.7 Å². The van der Waals surface area contributed by atoms with Crippen LogP contribution in [0.3, 0.4) is 0 Å². The Kier molecular flexibility index (Phi) is 5.74. The van der Waals surface area contributed by atoms with Crippen LogP contribution < -0.4 is 4.74 Å². The van der Waals surface area contributed by atoms with Crippen molar-refractivity contribution in [1.29, 1.82) is 0 Å². The highest BCUT2D eigenvalue weighted by atomic mass is 19.4. The molecule has 2 rings (SSSR count). The molecule has 0 bridgehead atoms. The summed E-state index contributed by atoms with van der Waals surface area (Å²) in [7, 11) is 4.59. The maximum Gasteiger partial charge on any atom is 0.406 e. The number of amides is 1. The first-order valence-electron chi connectivity index (χ1n) is 7.84. The molecule has 1 aliphatic carbocycles. The van der Waals surface area contributed by atoms with Crippen LogP contribution >= 0.6 is 0 Å². The van der Waals surface area contributed by atoms with Gasteiger partial charge < -0.3 is 9.64 Å². The smallest absolute Gasteiger partial charge is 0.406 e. The van der Waals surface area contributed by atoms with Gasteiger partial charge in [-0.2, -0.15) is 13.2 Å². The van der Waals surface area contributed by atoms with Crippen molar-refractivity contribution in [3.63, 3.8) is 0 Å². The number of ether oxygens (including phenoxy) is 1. The summed E-state index contributed by atoms with van der Waals surface area (Å²) in [6.07, 6.45) is -2.59. The summed E-state index contributed by atoms with van der Waals surface area (Å²) in [5.74, 6) is 0.698. The van der Waals surface area contributed by atoms with Gasteiger partial charge in [0.15, 0.2) is 0 Å². The van der Waals surface area contributed by atoms with Gasteiger partial charge in [0.2, 0.25) is 5.91 Å². The molecule has 0 atom stereocenters. The van der Waals surface area contributed by atoms with Gasteiger partial charge in [0.1, 0.15) is 12.3 Å². The highest BCUT2D eigenvalue weighted by molar-refractivity contribution is 5.78. The maximum absolute atomic E-state index is 12.3. The summed E-state index contributed by atoms with van der Waals surface area (Å²) in [5.41, 5.74) is 1.19. The van der Waals surface area contributed by atoms with Crippen LogP contribution in [0.4, 0.5) is 13.2 Å². The molecule has 0 aromatic heterocycles. The molecule has 0 heterocycles. The average molecular weight is 344 g/mol. The molecule has 7 heteroatoms. The van der Waals surface area contributed by atoms with E-state index in [1.54, 1.807) is 14.2 Å². The Balaban J connectivity index is 1.81. The number of halogens is 3. The Labute approximate surface area is 140 Å². The number of likely N-dealkylation sites (N-methyl/N-ethyl adjacent to an activating group) is 2. The van der Waals surface area contributed by atoms with Crippen LogP contribution in [0.5, 0.6) is 5.75 Å². The number of hydrogen-bond donors (Lipinski definition) is 0. The highest BCUT2D eigenvalue weighted by Crippen LogP contribution is 2.40. The number of rotatable bonds is 6. The quantitative estimate of drug-likeness (QED) is 0.796. The first-order valence-corrected chi connectivity index (χ1v) is 7.84. The molecule has 24 heavy (non-hydrogen) atoms. The largest absolute Gasteiger partial charge is 0.497 e. The number of methoxy groups -OCH3 is 1. The fourth-order valence-electron chi connectivity index (χ4n) is 2.94. The van der Waals surface area contributed by atoms with Crippen molar-refractivity contribution in [2.45, 2.75) is 31.0 Å². The van der Waals surface area contributed by atoms with E-state index in [0.717, 1.165) is 23.5 Å². The summed E-state index contributed by atoms with van der Waals surface area (Å²) in [6.45, 7) is -1.21. The number of alkyl halides is 3. The minimum atomic E-state index is -4.36. The molecule has 1 fully saturated rings. The molecule has 0 radical (unpaired) electrons. The molecular formula is C17H23F3N2O2. The third-order valence-electron chi connectivity index (χ3n) is 4.53. The fraction of sp³-hybridized carbons (Fsp3) is 0.588. The zero-order chi connectivity index (χ0) is 17.9. The van der Waals surface area contributed by atoms with Crippen LogP contribution in [0.1, 0.15) is 24.3 Å².